The van der Waals surface area contributed by atoms with E-state index in [1.165, 1.54) is 54.9 Å². The fourth-order valence-corrected chi connectivity index (χ4v) is 3.30. The van der Waals surface area contributed by atoms with E-state index in [1.807, 2.05) is 0 Å². The van der Waals surface area contributed by atoms with Gasteiger partial charge >= 0.3 is 0 Å². The van der Waals surface area contributed by atoms with Gasteiger partial charge in [-0.05, 0) is 37.2 Å². The van der Waals surface area contributed by atoms with E-state index < -0.39 is 0 Å². The monoisotopic (exact) mass is 266 g/mol. The molecular formula is C14H22N2OS. The number of anilines is 1. The summed E-state index contributed by atoms with van der Waals surface area (Å²) in [6, 6.07) is 0. The van der Waals surface area contributed by atoms with Crippen LogP contribution in [0.4, 0.5) is 5.00 Å². The fraction of sp³-hybridized carbons (Fsp3) is 0.714. The normalized spacial score (nSPS) is 13.6. The zero-order valence-electron chi connectivity index (χ0n) is 11.1. The predicted octanol–water partition coefficient (Wildman–Crippen LogP) is 3.93. The summed E-state index contributed by atoms with van der Waals surface area (Å²) in [5.41, 5.74) is 2.50. The molecule has 0 aliphatic heterocycles. The first-order valence-corrected chi connectivity index (χ1v) is 7.86. The number of aromatic nitrogens is 1. The number of hydrogen-bond acceptors (Lipinski definition) is 3. The van der Waals surface area contributed by atoms with E-state index in [0.29, 0.717) is 6.42 Å². The Labute approximate surface area is 113 Å². The molecule has 0 saturated heterocycles. The molecule has 18 heavy (non-hydrogen) atoms. The molecule has 0 unspecified atom stereocenters. The van der Waals surface area contributed by atoms with Gasteiger partial charge in [0.25, 0.3) is 0 Å². The van der Waals surface area contributed by atoms with E-state index in [0.717, 1.165) is 24.3 Å². The van der Waals surface area contributed by atoms with Crippen molar-refractivity contribution in [3.05, 3.63) is 11.3 Å². The maximum absolute atomic E-state index is 11.8. The maximum Gasteiger partial charge on any atom is 0.225 e. The standard InChI is InChI=1S/C14H22N2OS/c1-2-3-4-5-6-10-13(17)15-14-11-8-7-9-12(11)16-18-14/h2-10H2,1H3,(H,15,17). The van der Waals surface area contributed by atoms with Gasteiger partial charge in [0.2, 0.25) is 5.91 Å². The Bertz CT molecular complexity index is 400. The lowest BCUT2D eigenvalue weighted by Crippen LogP contribution is -2.11. The van der Waals surface area contributed by atoms with Gasteiger partial charge in [-0.15, -0.1) is 0 Å². The van der Waals surface area contributed by atoms with Crippen molar-refractivity contribution in [3.8, 4) is 0 Å². The summed E-state index contributed by atoms with van der Waals surface area (Å²) in [5.74, 6) is 0.157. The van der Waals surface area contributed by atoms with Gasteiger partial charge in [-0.25, -0.2) is 0 Å². The Morgan fingerprint density at radius 3 is 2.94 bits per heavy atom. The number of nitrogens with zero attached hydrogens (tertiary/aromatic N) is 1. The molecule has 3 nitrogen and oxygen atoms in total. The van der Waals surface area contributed by atoms with Gasteiger partial charge in [-0.2, -0.15) is 4.37 Å². The second-order valence-corrected chi connectivity index (χ2v) is 5.78. The molecule has 4 heteroatoms. The van der Waals surface area contributed by atoms with Gasteiger partial charge in [-0.1, -0.05) is 32.6 Å². The molecule has 1 N–H and O–H groups in total. The van der Waals surface area contributed by atoms with Crippen LogP contribution in [0, 0.1) is 0 Å². The molecule has 1 aliphatic rings. The number of amides is 1. The molecule has 0 fully saturated rings. The Hall–Kier alpha value is -0.900. The van der Waals surface area contributed by atoms with Crippen molar-refractivity contribution >= 4 is 22.4 Å². The van der Waals surface area contributed by atoms with Crippen LogP contribution in [0.1, 0.15) is 63.1 Å². The van der Waals surface area contributed by atoms with E-state index in [2.05, 4.69) is 16.6 Å². The second-order valence-electron chi connectivity index (χ2n) is 5.00. The minimum Gasteiger partial charge on any atom is -0.316 e. The minimum absolute atomic E-state index is 0.157. The molecule has 100 valence electrons. The van der Waals surface area contributed by atoms with E-state index >= 15 is 0 Å². The van der Waals surface area contributed by atoms with Crippen LogP contribution in [0.15, 0.2) is 0 Å². The Morgan fingerprint density at radius 2 is 2.11 bits per heavy atom. The predicted molar refractivity (Wildman–Crippen MR) is 76.1 cm³/mol. The molecular weight excluding hydrogens is 244 g/mol. The van der Waals surface area contributed by atoms with Gasteiger partial charge in [-0.3, -0.25) is 4.79 Å². The summed E-state index contributed by atoms with van der Waals surface area (Å²) >= 11 is 1.45. The number of carbonyl (C=O) groups excluding carboxylic acids is 1. The van der Waals surface area contributed by atoms with Gasteiger partial charge < -0.3 is 5.32 Å². The molecule has 1 aromatic heterocycles. The zero-order valence-corrected chi connectivity index (χ0v) is 11.9. The highest BCUT2D eigenvalue weighted by Crippen LogP contribution is 2.32. The van der Waals surface area contributed by atoms with Crippen molar-refractivity contribution in [2.75, 3.05) is 5.32 Å². The van der Waals surface area contributed by atoms with Gasteiger partial charge in [0.15, 0.2) is 0 Å². The third-order valence-electron chi connectivity index (χ3n) is 3.47. The number of fused-ring (bicyclic) bond motifs is 1. The number of nitrogens with one attached hydrogen (secondary N) is 1. The molecule has 1 amide bonds. The van der Waals surface area contributed by atoms with E-state index in [-0.39, 0.29) is 5.91 Å². The smallest absolute Gasteiger partial charge is 0.225 e. The molecule has 1 aliphatic carbocycles. The summed E-state index contributed by atoms with van der Waals surface area (Å²) < 4.78 is 4.40. The third-order valence-corrected chi connectivity index (χ3v) is 4.31. The van der Waals surface area contributed by atoms with Gasteiger partial charge in [0.05, 0.1) is 5.69 Å². The molecule has 0 atom stereocenters. The van der Waals surface area contributed by atoms with Crippen molar-refractivity contribution in [2.24, 2.45) is 0 Å². The number of rotatable bonds is 7. The largest absolute Gasteiger partial charge is 0.316 e. The Kier molecular flexibility index (Phi) is 5.17. The van der Waals surface area contributed by atoms with Crippen molar-refractivity contribution in [3.63, 3.8) is 0 Å². The van der Waals surface area contributed by atoms with Crippen LogP contribution >= 0.6 is 11.5 Å². The van der Waals surface area contributed by atoms with Crippen LogP contribution in [0.5, 0.6) is 0 Å². The lowest BCUT2D eigenvalue weighted by Gasteiger charge is -2.04. The van der Waals surface area contributed by atoms with Crippen molar-refractivity contribution < 1.29 is 4.79 Å². The topological polar surface area (TPSA) is 42.0 Å². The van der Waals surface area contributed by atoms with Gasteiger partial charge in [0.1, 0.15) is 5.00 Å². The van der Waals surface area contributed by atoms with Crippen LogP contribution in [0.2, 0.25) is 0 Å². The molecule has 0 saturated carbocycles. The molecule has 0 aromatic carbocycles. The number of aryl methyl sites for hydroxylation is 1. The lowest BCUT2D eigenvalue weighted by atomic mass is 10.1. The van der Waals surface area contributed by atoms with Crippen LogP contribution in [0.25, 0.3) is 0 Å². The van der Waals surface area contributed by atoms with Crippen LogP contribution in [0.3, 0.4) is 0 Å². The van der Waals surface area contributed by atoms with E-state index in [9.17, 15) is 4.79 Å². The second kappa shape index (κ2) is 6.88. The molecule has 1 aromatic rings. The van der Waals surface area contributed by atoms with Crippen molar-refractivity contribution in [2.45, 2.75) is 64.7 Å². The molecule has 2 rings (SSSR count). The Morgan fingerprint density at radius 1 is 1.28 bits per heavy atom. The average Bonchev–Trinajstić information content (AvgIpc) is 2.94. The SMILES string of the molecule is CCCCCCCC(=O)Nc1snc2c1CCC2. The first-order chi connectivity index (χ1) is 8.81. The lowest BCUT2D eigenvalue weighted by molar-refractivity contribution is -0.116. The van der Waals surface area contributed by atoms with Crippen molar-refractivity contribution in [1.29, 1.82) is 0 Å². The fourth-order valence-electron chi connectivity index (χ4n) is 2.41. The first-order valence-electron chi connectivity index (χ1n) is 7.08. The van der Waals surface area contributed by atoms with Crippen LogP contribution in [-0.2, 0) is 17.6 Å². The zero-order chi connectivity index (χ0) is 12.8. The average molecular weight is 266 g/mol. The quantitative estimate of drug-likeness (QED) is 0.760. The highest BCUT2D eigenvalue weighted by molar-refractivity contribution is 7.10. The first kappa shape index (κ1) is 13.5. The highest BCUT2D eigenvalue weighted by Gasteiger charge is 2.19. The maximum atomic E-state index is 11.8. The molecule has 0 bridgehead atoms. The van der Waals surface area contributed by atoms with E-state index in [1.54, 1.807) is 0 Å². The summed E-state index contributed by atoms with van der Waals surface area (Å²) in [4.78, 5) is 11.8. The third kappa shape index (κ3) is 3.55. The summed E-state index contributed by atoms with van der Waals surface area (Å²) in [7, 11) is 0. The highest BCUT2D eigenvalue weighted by atomic mass is 32.1. The van der Waals surface area contributed by atoms with Crippen LogP contribution in [-0.4, -0.2) is 10.3 Å². The minimum atomic E-state index is 0.157. The van der Waals surface area contributed by atoms with Crippen molar-refractivity contribution in [1.82, 2.24) is 4.37 Å². The summed E-state index contributed by atoms with van der Waals surface area (Å²) in [6.07, 6.45) is 9.95. The molecule has 0 spiro atoms. The van der Waals surface area contributed by atoms with E-state index in [4.69, 9.17) is 0 Å². The molecule has 0 radical (unpaired) electrons. The number of carbonyl (C=O) groups is 1. The number of unbranched alkanes of at least 4 members (excludes halogenated alkanes) is 4. The van der Waals surface area contributed by atoms with Gasteiger partial charge in [0, 0.05) is 12.0 Å². The number of hydrogen-bond donors (Lipinski definition) is 1. The summed E-state index contributed by atoms with van der Waals surface area (Å²) in [6.45, 7) is 2.21. The van der Waals surface area contributed by atoms with Crippen LogP contribution < -0.4 is 5.32 Å². The molecule has 1 heterocycles. The summed E-state index contributed by atoms with van der Waals surface area (Å²) in [5, 5.41) is 4.03. The Balaban J connectivity index is 1.71.